The Labute approximate surface area is 92.5 Å². The van der Waals surface area contributed by atoms with E-state index in [4.69, 9.17) is 0 Å². The molecule has 0 aliphatic rings. The summed E-state index contributed by atoms with van der Waals surface area (Å²) in [6.45, 7) is 5.07. The average molecular weight is 355 g/mol. The number of hydrogen-bond acceptors (Lipinski definition) is 3. The summed E-state index contributed by atoms with van der Waals surface area (Å²) in [5, 5.41) is 0. The van der Waals surface area contributed by atoms with Gasteiger partial charge in [-0.05, 0) is 0 Å². The van der Waals surface area contributed by atoms with Gasteiger partial charge in [0.25, 0.3) is 0 Å². The topological polar surface area (TPSA) is 43.4 Å². The van der Waals surface area contributed by atoms with Crippen LogP contribution in [0.15, 0.2) is 0 Å². The number of rotatable bonds is 5. The third-order valence-corrected chi connectivity index (χ3v) is 19.6. The number of hydrogen-bond donors (Lipinski definition) is 0. The van der Waals surface area contributed by atoms with E-state index in [1.54, 1.807) is 20.8 Å². The molecule has 0 bridgehead atoms. The van der Waals surface area contributed by atoms with Crippen molar-refractivity contribution in [2.24, 2.45) is 0 Å². The van der Waals surface area contributed by atoms with Gasteiger partial charge in [0.2, 0.25) is 0 Å². The molecule has 92 valence electrons. The van der Waals surface area contributed by atoms with Crippen LogP contribution >= 0.6 is 0 Å². The standard InChI is InChI=1S/3C2H5.CHF3O3S.Sn/c3*1-2;2-1(3,4)8(5,6)7;/h3*1H2,2H3;(H,5,6,7);/q;;;;+1/p-1. The Balaban J connectivity index is 5.00. The van der Waals surface area contributed by atoms with Crippen LogP contribution in [-0.2, 0) is 12.6 Å². The zero-order chi connectivity index (χ0) is 12.3. The summed E-state index contributed by atoms with van der Waals surface area (Å²) in [5.74, 6) is 0. The van der Waals surface area contributed by atoms with Crippen molar-refractivity contribution in [3.63, 3.8) is 0 Å². The molecule has 0 saturated heterocycles. The van der Waals surface area contributed by atoms with Crippen molar-refractivity contribution in [2.45, 2.75) is 39.6 Å². The molecule has 0 fully saturated rings. The molecule has 0 aliphatic carbocycles. The van der Waals surface area contributed by atoms with Crippen LogP contribution < -0.4 is 0 Å². The number of halogens is 3. The Morgan fingerprint density at radius 3 is 1.60 bits per heavy atom. The quantitative estimate of drug-likeness (QED) is 0.563. The molecule has 0 aliphatic heterocycles. The Bertz CT molecular complexity index is 287. The van der Waals surface area contributed by atoms with Crippen molar-refractivity contribution in [1.82, 2.24) is 0 Å². The van der Waals surface area contributed by atoms with Gasteiger partial charge in [0, 0.05) is 0 Å². The minimum absolute atomic E-state index is 0.428. The summed E-state index contributed by atoms with van der Waals surface area (Å²) in [6.07, 6.45) is 0. The first-order valence-corrected chi connectivity index (χ1v) is 13.3. The van der Waals surface area contributed by atoms with E-state index in [9.17, 15) is 21.6 Å². The van der Waals surface area contributed by atoms with E-state index in [1.807, 2.05) is 0 Å². The van der Waals surface area contributed by atoms with Crippen molar-refractivity contribution >= 4 is 28.9 Å². The minimum atomic E-state index is -5.40. The number of alkyl halides is 3. The van der Waals surface area contributed by atoms with Gasteiger partial charge in [0.05, 0.1) is 0 Å². The van der Waals surface area contributed by atoms with Crippen LogP contribution in [0.4, 0.5) is 13.2 Å². The van der Waals surface area contributed by atoms with E-state index in [-0.39, 0.29) is 0 Å². The molecule has 0 aromatic carbocycles. The molecule has 0 unspecified atom stereocenters. The fraction of sp³-hybridized carbons (Fsp3) is 1.00. The normalized spacial score (nSPS) is 14.3. The first-order valence-electron chi connectivity index (χ1n) is 4.66. The van der Waals surface area contributed by atoms with Crippen molar-refractivity contribution in [1.29, 1.82) is 0 Å². The second-order valence-electron chi connectivity index (χ2n) is 3.23. The monoisotopic (exact) mass is 356 g/mol. The van der Waals surface area contributed by atoms with Crippen LogP contribution in [0.5, 0.6) is 0 Å². The SMILES string of the molecule is C[CH2][Sn]([CH2]C)([CH2]C)[O]S(=O)(=O)C(F)(F)F. The van der Waals surface area contributed by atoms with Gasteiger partial charge in [-0.15, -0.1) is 0 Å². The van der Waals surface area contributed by atoms with Crippen LogP contribution in [0.1, 0.15) is 20.8 Å². The van der Waals surface area contributed by atoms with Gasteiger partial charge in [0.1, 0.15) is 0 Å². The van der Waals surface area contributed by atoms with E-state index in [1.165, 1.54) is 0 Å². The van der Waals surface area contributed by atoms with Gasteiger partial charge >= 0.3 is 92.6 Å². The van der Waals surface area contributed by atoms with Crippen LogP contribution in [0, 0.1) is 0 Å². The fourth-order valence-electron chi connectivity index (χ4n) is 1.21. The van der Waals surface area contributed by atoms with Gasteiger partial charge in [-0.25, -0.2) is 0 Å². The predicted octanol–water partition coefficient (Wildman–Crippen LogP) is 2.86. The molecule has 0 saturated carbocycles. The van der Waals surface area contributed by atoms with Crippen molar-refractivity contribution in [2.75, 3.05) is 0 Å². The Morgan fingerprint density at radius 1 is 1.07 bits per heavy atom. The second kappa shape index (κ2) is 5.22. The molecule has 15 heavy (non-hydrogen) atoms. The molecule has 0 atom stereocenters. The van der Waals surface area contributed by atoms with Crippen LogP contribution in [0.25, 0.3) is 0 Å². The molecule has 0 radical (unpaired) electrons. The molecule has 0 aromatic rings. The van der Waals surface area contributed by atoms with Crippen LogP contribution in [-0.4, -0.2) is 32.7 Å². The summed E-state index contributed by atoms with van der Waals surface area (Å²) < 4.78 is 63.8. The Hall–Kier alpha value is 0.499. The second-order valence-corrected chi connectivity index (χ2v) is 19.0. The average Bonchev–Trinajstić information content (AvgIpc) is 2.12. The zero-order valence-electron chi connectivity index (χ0n) is 8.89. The summed E-state index contributed by atoms with van der Waals surface area (Å²) in [4.78, 5) is 0. The van der Waals surface area contributed by atoms with E-state index < -0.39 is 34.4 Å². The summed E-state index contributed by atoms with van der Waals surface area (Å²) in [5.41, 5.74) is -5.30. The van der Waals surface area contributed by atoms with Gasteiger partial charge in [0.15, 0.2) is 0 Å². The molecule has 0 amide bonds. The first kappa shape index (κ1) is 15.5. The molecule has 3 nitrogen and oxygen atoms in total. The molecule has 0 aromatic heterocycles. The predicted molar refractivity (Wildman–Crippen MR) is 53.3 cm³/mol. The maximum atomic E-state index is 12.1. The van der Waals surface area contributed by atoms with E-state index in [0.29, 0.717) is 13.3 Å². The van der Waals surface area contributed by atoms with Gasteiger partial charge < -0.3 is 0 Å². The van der Waals surface area contributed by atoms with E-state index in [0.717, 1.165) is 0 Å². The van der Waals surface area contributed by atoms with Crippen molar-refractivity contribution in [3.8, 4) is 0 Å². The molecule has 8 heteroatoms. The van der Waals surface area contributed by atoms with Gasteiger partial charge in [-0.2, -0.15) is 0 Å². The summed E-state index contributed by atoms with van der Waals surface area (Å²) >= 11 is -3.55. The van der Waals surface area contributed by atoms with Crippen molar-refractivity contribution in [3.05, 3.63) is 0 Å². The maximum absolute atomic E-state index is 12.1. The molecule has 0 spiro atoms. The van der Waals surface area contributed by atoms with Gasteiger partial charge in [-0.1, -0.05) is 0 Å². The van der Waals surface area contributed by atoms with E-state index >= 15 is 0 Å². The Kier molecular flexibility index (Phi) is 5.39. The summed E-state index contributed by atoms with van der Waals surface area (Å²) in [6, 6.07) is 0. The zero-order valence-corrected chi connectivity index (χ0v) is 12.6. The molecule has 0 rings (SSSR count). The fourth-order valence-corrected chi connectivity index (χ4v) is 14.2. The molecular weight excluding hydrogens is 340 g/mol. The third kappa shape index (κ3) is 3.77. The molecule has 0 heterocycles. The molecule has 0 N–H and O–H groups in total. The Morgan fingerprint density at radius 2 is 1.40 bits per heavy atom. The summed E-state index contributed by atoms with van der Waals surface area (Å²) in [7, 11) is -5.40. The van der Waals surface area contributed by atoms with E-state index in [2.05, 4.69) is 2.52 Å². The van der Waals surface area contributed by atoms with Crippen molar-refractivity contribution < 1.29 is 24.1 Å². The van der Waals surface area contributed by atoms with Gasteiger partial charge in [-0.3, -0.25) is 0 Å². The third-order valence-electron chi connectivity index (χ3n) is 2.50. The van der Waals surface area contributed by atoms with Crippen LogP contribution in [0.2, 0.25) is 13.3 Å². The van der Waals surface area contributed by atoms with Crippen LogP contribution in [0.3, 0.4) is 0 Å². The molecular formula is C7H15F3O3SSn. The first-order chi connectivity index (χ1) is 6.64.